The first-order chi connectivity index (χ1) is 15.6. The molecule has 0 radical (unpaired) electrons. The van der Waals surface area contributed by atoms with Crippen molar-refractivity contribution in [2.75, 3.05) is 20.6 Å². The number of carbonyl (C=O) groups is 1. The van der Waals surface area contributed by atoms with Crippen LogP contribution in [0.1, 0.15) is 41.2 Å². The zero-order valence-corrected chi connectivity index (χ0v) is 18.6. The number of aromatic nitrogens is 2. The minimum absolute atomic E-state index is 0.00584. The summed E-state index contributed by atoms with van der Waals surface area (Å²) in [5.41, 5.74) is 7.31. The number of pyridine rings is 1. The number of benzene rings is 2. The first-order valence-electron chi connectivity index (χ1n) is 11.2. The second kappa shape index (κ2) is 8.60. The van der Waals surface area contributed by atoms with Crippen molar-refractivity contribution in [3.8, 4) is 22.3 Å². The lowest BCUT2D eigenvalue weighted by Gasteiger charge is -2.24. The van der Waals surface area contributed by atoms with Crippen LogP contribution in [0.25, 0.3) is 33.3 Å². The summed E-state index contributed by atoms with van der Waals surface area (Å²) in [6, 6.07) is 19.3. The molecule has 1 unspecified atom stereocenters. The summed E-state index contributed by atoms with van der Waals surface area (Å²) in [7, 11) is 3.53. The van der Waals surface area contributed by atoms with Crippen LogP contribution in [0.4, 0.5) is 0 Å². The predicted molar refractivity (Wildman–Crippen MR) is 130 cm³/mol. The van der Waals surface area contributed by atoms with Gasteiger partial charge in [-0.15, -0.1) is 0 Å². The number of fused-ring (bicyclic) bond motifs is 1. The summed E-state index contributed by atoms with van der Waals surface area (Å²) >= 11 is 0. The molecule has 2 aromatic carbocycles. The fraction of sp³-hybridized carbons (Fsp3) is 0.259. The summed E-state index contributed by atoms with van der Waals surface area (Å²) in [6.45, 7) is 1.10. The van der Waals surface area contributed by atoms with E-state index in [9.17, 15) is 4.79 Å². The molecule has 4 aromatic rings. The molecule has 1 amide bonds. The van der Waals surface area contributed by atoms with E-state index in [-0.39, 0.29) is 5.91 Å². The van der Waals surface area contributed by atoms with Crippen LogP contribution in [0.15, 0.2) is 67.0 Å². The molecule has 1 atom stereocenters. The molecule has 5 rings (SSSR count). The number of piperidine rings is 1. The number of rotatable bonds is 4. The number of nitrogens with zero attached hydrogens (tertiary/aromatic N) is 2. The van der Waals surface area contributed by atoms with Gasteiger partial charge in [0.2, 0.25) is 0 Å². The van der Waals surface area contributed by atoms with Gasteiger partial charge in [-0.2, -0.15) is 0 Å². The molecule has 2 N–H and O–H groups in total. The highest BCUT2D eigenvalue weighted by atomic mass is 16.2. The Labute approximate surface area is 188 Å². The molecule has 5 nitrogen and oxygen atoms in total. The van der Waals surface area contributed by atoms with E-state index in [4.69, 9.17) is 0 Å². The molecular formula is C27H28N4O. The molecule has 3 heterocycles. The van der Waals surface area contributed by atoms with Crippen molar-refractivity contribution in [2.24, 2.45) is 0 Å². The average Bonchev–Trinajstić information content (AvgIpc) is 3.27. The zero-order chi connectivity index (χ0) is 22.1. The lowest BCUT2D eigenvalue weighted by molar-refractivity contribution is 0.0827. The zero-order valence-electron chi connectivity index (χ0n) is 18.6. The average molecular weight is 425 g/mol. The lowest BCUT2D eigenvalue weighted by atomic mass is 9.95. The molecule has 32 heavy (non-hydrogen) atoms. The van der Waals surface area contributed by atoms with Gasteiger partial charge in [0.1, 0.15) is 5.65 Å². The van der Waals surface area contributed by atoms with Gasteiger partial charge in [-0.1, -0.05) is 42.8 Å². The predicted octanol–water partition coefficient (Wildman–Crippen LogP) is 5.41. The molecular weight excluding hydrogens is 396 g/mol. The second-order valence-corrected chi connectivity index (χ2v) is 8.72. The van der Waals surface area contributed by atoms with Gasteiger partial charge in [0, 0.05) is 54.6 Å². The van der Waals surface area contributed by atoms with E-state index in [1.165, 1.54) is 24.8 Å². The second-order valence-electron chi connectivity index (χ2n) is 8.72. The number of carbonyl (C=O) groups excluding carboxylic acids is 1. The highest BCUT2D eigenvalue weighted by Gasteiger charge is 2.15. The van der Waals surface area contributed by atoms with Crippen LogP contribution in [-0.2, 0) is 0 Å². The van der Waals surface area contributed by atoms with Crippen LogP contribution in [0.5, 0.6) is 0 Å². The molecule has 0 spiro atoms. The Morgan fingerprint density at radius 2 is 1.72 bits per heavy atom. The van der Waals surface area contributed by atoms with Crippen molar-refractivity contribution >= 4 is 16.9 Å². The number of hydrogen-bond donors (Lipinski definition) is 2. The van der Waals surface area contributed by atoms with Gasteiger partial charge in [-0.3, -0.25) is 4.79 Å². The maximum atomic E-state index is 12.2. The molecule has 0 bridgehead atoms. The van der Waals surface area contributed by atoms with Crippen LogP contribution in [0.3, 0.4) is 0 Å². The minimum Gasteiger partial charge on any atom is -0.346 e. The molecule has 2 aromatic heterocycles. The van der Waals surface area contributed by atoms with Gasteiger partial charge in [-0.25, -0.2) is 4.98 Å². The van der Waals surface area contributed by atoms with Crippen LogP contribution >= 0.6 is 0 Å². The fourth-order valence-corrected chi connectivity index (χ4v) is 4.49. The van der Waals surface area contributed by atoms with E-state index in [1.807, 2.05) is 36.7 Å². The smallest absolute Gasteiger partial charge is 0.253 e. The fourth-order valence-electron chi connectivity index (χ4n) is 4.49. The Bertz CT molecular complexity index is 1230. The van der Waals surface area contributed by atoms with Crippen LogP contribution in [-0.4, -0.2) is 41.4 Å². The SMILES string of the molecule is CN(C)C(=O)c1ccc(-c2c[nH]c3ncc(-c4ccc(C5CCCCN5)cc4)cc23)cc1. The third-order valence-electron chi connectivity index (χ3n) is 6.34. The Kier molecular flexibility index (Phi) is 5.50. The van der Waals surface area contributed by atoms with E-state index in [0.717, 1.165) is 39.8 Å². The Hall–Kier alpha value is -3.44. The first-order valence-corrected chi connectivity index (χ1v) is 11.2. The van der Waals surface area contributed by atoms with Crippen LogP contribution in [0, 0.1) is 0 Å². The third-order valence-corrected chi connectivity index (χ3v) is 6.34. The Morgan fingerprint density at radius 3 is 2.41 bits per heavy atom. The Morgan fingerprint density at radius 1 is 0.969 bits per heavy atom. The Balaban J connectivity index is 1.44. The van der Waals surface area contributed by atoms with Crippen molar-refractivity contribution in [3.05, 3.63) is 78.1 Å². The summed E-state index contributed by atoms with van der Waals surface area (Å²) in [5.74, 6) is 0.00584. The molecule has 1 aliphatic rings. The van der Waals surface area contributed by atoms with Gasteiger partial charge < -0.3 is 15.2 Å². The number of nitrogens with one attached hydrogen (secondary N) is 2. The van der Waals surface area contributed by atoms with Gasteiger partial charge in [0.15, 0.2) is 0 Å². The van der Waals surface area contributed by atoms with Crippen molar-refractivity contribution in [1.29, 1.82) is 0 Å². The standard InChI is InChI=1S/C27H28N4O/c1-31(2)27(32)21-12-8-19(9-13-21)24-17-30-26-23(24)15-22(16-29-26)18-6-10-20(11-7-18)25-5-3-4-14-28-25/h6-13,15-17,25,28H,3-5,14H2,1-2H3,(H,29,30). The first kappa shape index (κ1) is 20.5. The van der Waals surface area contributed by atoms with Crippen LogP contribution < -0.4 is 5.32 Å². The number of H-pyrrole nitrogens is 1. The number of amides is 1. The number of aromatic amines is 1. The topological polar surface area (TPSA) is 61.0 Å². The molecule has 0 saturated carbocycles. The van der Waals surface area contributed by atoms with E-state index in [1.54, 1.807) is 19.0 Å². The normalized spacial score (nSPS) is 16.2. The molecule has 5 heteroatoms. The maximum Gasteiger partial charge on any atom is 0.253 e. The van der Waals surface area contributed by atoms with Gasteiger partial charge in [-0.05, 0) is 54.3 Å². The summed E-state index contributed by atoms with van der Waals surface area (Å²) in [5, 5.41) is 4.69. The van der Waals surface area contributed by atoms with Gasteiger partial charge >= 0.3 is 0 Å². The minimum atomic E-state index is 0.00584. The largest absolute Gasteiger partial charge is 0.346 e. The molecule has 1 saturated heterocycles. The van der Waals surface area contributed by atoms with E-state index >= 15 is 0 Å². The van der Waals surface area contributed by atoms with Crippen molar-refractivity contribution < 1.29 is 4.79 Å². The highest BCUT2D eigenvalue weighted by molar-refractivity contribution is 5.97. The molecule has 1 aliphatic heterocycles. The monoisotopic (exact) mass is 424 g/mol. The summed E-state index contributed by atoms with van der Waals surface area (Å²) in [4.78, 5) is 21.7. The number of hydrogen-bond acceptors (Lipinski definition) is 3. The van der Waals surface area contributed by atoms with Gasteiger partial charge in [0.05, 0.1) is 0 Å². The lowest BCUT2D eigenvalue weighted by Crippen LogP contribution is -2.26. The maximum absolute atomic E-state index is 12.2. The molecule has 0 aliphatic carbocycles. The highest BCUT2D eigenvalue weighted by Crippen LogP contribution is 2.32. The van der Waals surface area contributed by atoms with E-state index in [2.05, 4.69) is 45.6 Å². The van der Waals surface area contributed by atoms with E-state index < -0.39 is 0 Å². The van der Waals surface area contributed by atoms with Crippen LogP contribution in [0.2, 0.25) is 0 Å². The third kappa shape index (κ3) is 3.92. The quantitative estimate of drug-likeness (QED) is 0.460. The van der Waals surface area contributed by atoms with Crippen molar-refractivity contribution in [3.63, 3.8) is 0 Å². The van der Waals surface area contributed by atoms with E-state index in [0.29, 0.717) is 11.6 Å². The summed E-state index contributed by atoms with van der Waals surface area (Å²) < 4.78 is 0. The van der Waals surface area contributed by atoms with Gasteiger partial charge in [0.25, 0.3) is 5.91 Å². The van der Waals surface area contributed by atoms with Crippen molar-refractivity contribution in [2.45, 2.75) is 25.3 Å². The molecule has 1 fully saturated rings. The van der Waals surface area contributed by atoms with Crippen molar-refractivity contribution in [1.82, 2.24) is 20.2 Å². The molecule has 162 valence electrons. The summed E-state index contributed by atoms with van der Waals surface area (Å²) in [6.07, 6.45) is 7.68.